The number of hydrogen-bond donors (Lipinski definition) is 0. The molecule has 0 atom stereocenters. The lowest BCUT2D eigenvalue weighted by atomic mass is 10.2. The van der Waals surface area contributed by atoms with Crippen LogP contribution in [0.2, 0.25) is 0 Å². The van der Waals surface area contributed by atoms with Gasteiger partial charge < -0.3 is 4.74 Å². The van der Waals surface area contributed by atoms with Crippen LogP contribution in [-0.4, -0.2) is 26.8 Å². The Kier molecular flexibility index (Phi) is 4.87. The van der Waals surface area contributed by atoms with Crippen molar-refractivity contribution < 1.29 is 9.26 Å². The molecule has 136 valence electrons. The molecule has 7 nitrogen and oxygen atoms in total. The average Bonchev–Trinajstić information content (AvgIpc) is 3.30. The molecule has 0 aliphatic heterocycles. The Morgan fingerprint density at radius 1 is 1.30 bits per heavy atom. The Morgan fingerprint density at radius 3 is 2.96 bits per heavy atom. The van der Waals surface area contributed by atoms with E-state index in [1.807, 2.05) is 29.6 Å². The number of thiazole rings is 1. The van der Waals surface area contributed by atoms with Crippen LogP contribution >= 0.6 is 27.3 Å². The van der Waals surface area contributed by atoms with Gasteiger partial charge in [0.25, 0.3) is 0 Å². The van der Waals surface area contributed by atoms with E-state index in [1.54, 1.807) is 25.4 Å². The molecular weight excluding hydrogens is 432 g/mol. The lowest BCUT2D eigenvalue weighted by Crippen LogP contribution is -2.16. The van der Waals surface area contributed by atoms with E-state index < -0.39 is 5.76 Å². The van der Waals surface area contributed by atoms with Gasteiger partial charge in [0.2, 0.25) is 5.82 Å². The van der Waals surface area contributed by atoms with Crippen molar-refractivity contribution in [2.75, 3.05) is 7.11 Å². The number of benzene rings is 1. The third kappa shape index (κ3) is 3.56. The summed E-state index contributed by atoms with van der Waals surface area (Å²) in [7, 11) is 1.62. The van der Waals surface area contributed by atoms with E-state index in [-0.39, 0.29) is 6.54 Å². The van der Waals surface area contributed by atoms with E-state index in [2.05, 4.69) is 31.1 Å². The van der Waals surface area contributed by atoms with Crippen LogP contribution in [0.1, 0.15) is 5.69 Å². The molecule has 0 bridgehead atoms. The molecule has 0 spiro atoms. The number of nitrogens with zero attached hydrogens (tertiary/aromatic N) is 4. The van der Waals surface area contributed by atoms with E-state index in [1.165, 1.54) is 15.9 Å². The molecule has 1 aromatic carbocycles. The molecule has 0 aliphatic carbocycles. The number of methoxy groups -OCH3 is 1. The molecule has 4 aromatic rings. The molecule has 3 heterocycles. The SMILES string of the molecule is COc1ccc(Br)cc1-c1nc(Cn2c(-c3ccccn3)noc2=O)cs1. The largest absolute Gasteiger partial charge is 0.496 e. The molecule has 4 rings (SSSR count). The fourth-order valence-electron chi connectivity index (χ4n) is 2.60. The van der Waals surface area contributed by atoms with Crippen molar-refractivity contribution in [1.82, 2.24) is 19.7 Å². The Bertz CT molecular complexity index is 1140. The molecule has 0 unspecified atom stereocenters. The van der Waals surface area contributed by atoms with Crippen LogP contribution < -0.4 is 10.5 Å². The van der Waals surface area contributed by atoms with E-state index in [0.717, 1.165) is 26.5 Å². The number of hydrogen-bond acceptors (Lipinski definition) is 7. The maximum atomic E-state index is 12.1. The molecule has 0 N–H and O–H groups in total. The standard InChI is InChI=1S/C18H13BrN4O3S/c1-25-15-6-5-11(19)8-13(15)17-21-12(10-27-17)9-23-16(22-26-18(23)24)14-4-2-3-7-20-14/h2-8,10H,9H2,1H3. The van der Waals surface area contributed by atoms with Crippen LogP contribution in [-0.2, 0) is 6.54 Å². The minimum absolute atomic E-state index is 0.237. The fraction of sp³-hybridized carbons (Fsp3) is 0.111. The van der Waals surface area contributed by atoms with Gasteiger partial charge in [-0.05, 0) is 30.3 Å². The van der Waals surface area contributed by atoms with Crippen molar-refractivity contribution in [3.8, 4) is 27.8 Å². The second kappa shape index (κ2) is 7.45. The van der Waals surface area contributed by atoms with E-state index >= 15 is 0 Å². The summed E-state index contributed by atoms with van der Waals surface area (Å²) in [5, 5.41) is 6.55. The van der Waals surface area contributed by atoms with Crippen molar-refractivity contribution in [1.29, 1.82) is 0 Å². The van der Waals surface area contributed by atoms with Gasteiger partial charge in [-0.25, -0.2) is 14.3 Å². The number of rotatable bonds is 5. The predicted molar refractivity (Wildman–Crippen MR) is 105 cm³/mol. The number of ether oxygens (including phenoxy) is 1. The molecule has 0 fully saturated rings. The third-order valence-corrected chi connectivity index (χ3v) is 5.26. The highest BCUT2D eigenvalue weighted by Gasteiger charge is 2.17. The normalized spacial score (nSPS) is 10.9. The Morgan fingerprint density at radius 2 is 2.19 bits per heavy atom. The smallest absolute Gasteiger partial charge is 0.442 e. The van der Waals surface area contributed by atoms with Crippen LogP contribution in [0.5, 0.6) is 5.75 Å². The van der Waals surface area contributed by atoms with Crippen molar-refractivity contribution in [3.63, 3.8) is 0 Å². The van der Waals surface area contributed by atoms with E-state index in [0.29, 0.717) is 11.5 Å². The summed E-state index contributed by atoms with van der Waals surface area (Å²) >= 11 is 4.95. The number of pyridine rings is 1. The molecule has 0 saturated heterocycles. The van der Waals surface area contributed by atoms with E-state index in [9.17, 15) is 4.79 Å². The second-order valence-electron chi connectivity index (χ2n) is 5.56. The molecule has 9 heteroatoms. The Balaban J connectivity index is 1.68. The summed E-state index contributed by atoms with van der Waals surface area (Å²) in [6.45, 7) is 0.237. The van der Waals surface area contributed by atoms with Gasteiger partial charge in [0.15, 0.2) is 0 Å². The predicted octanol–water partition coefficient (Wildman–Crippen LogP) is 3.84. The zero-order valence-corrected chi connectivity index (χ0v) is 16.5. The first-order chi connectivity index (χ1) is 13.2. The minimum atomic E-state index is -0.551. The molecule has 3 aromatic heterocycles. The van der Waals surface area contributed by atoms with Gasteiger partial charge in [-0.1, -0.05) is 27.2 Å². The van der Waals surface area contributed by atoms with Gasteiger partial charge in [-0.15, -0.1) is 11.3 Å². The maximum absolute atomic E-state index is 12.1. The molecular formula is C18H13BrN4O3S. The minimum Gasteiger partial charge on any atom is -0.496 e. The molecule has 0 saturated carbocycles. The number of halogens is 1. The van der Waals surface area contributed by atoms with Crippen molar-refractivity contribution in [2.45, 2.75) is 6.54 Å². The number of aromatic nitrogens is 4. The quantitative estimate of drug-likeness (QED) is 0.464. The maximum Gasteiger partial charge on any atom is 0.442 e. The van der Waals surface area contributed by atoms with Crippen LogP contribution in [0.3, 0.4) is 0 Å². The fourth-order valence-corrected chi connectivity index (χ4v) is 3.79. The first kappa shape index (κ1) is 17.6. The van der Waals surface area contributed by atoms with Gasteiger partial charge in [-0.3, -0.25) is 9.51 Å². The van der Waals surface area contributed by atoms with Gasteiger partial charge >= 0.3 is 5.76 Å². The van der Waals surface area contributed by atoms with Gasteiger partial charge in [-0.2, -0.15) is 0 Å². The highest BCUT2D eigenvalue weighted by molar-refractivity contribution is 9.10. The molecule has 0 radical (unpaired) electrons. The summed E-state index contributed by atoms with van der Waals surface area (Å²) < 4.78 is 12.6. The molecule has 0 amide bonds. The first-order valence-corrected chi connectivity index (χ1v) is 9.59. The van der Waals surface area contributed by atoms with Crippen molar-refractivity contribution in [2.24, 2.45) is 0 Å². The van der Waals surface area contributed by atoms with Crippen molar-refractivity contribution >= 4 is 27.3 Å². The van der Waals surface area contributed by atoms with Crippen LogP contribution in [0.4, 0.5) is 0 Å². The summed E-state index contributed by atoms with van der Waals surface area (Å²) in [5.41, 5.74) is 2.16. The Hall–Kier alpha value is -2.78. The van der Waals surface area contributed by atoms with Gasteiger partial charge in [0.1, 0.15) is 16.5 Å². The second-order valence-corrected chi connectivity index (χ2v) is 7.34. The zero-order chi connectivity index (χ0) is 18.8. The van der Waals surface area contributed by atoms with Crippen LogP contribution in [0.25, 0.3) is 22.1 Å². The summed E-state index contributed by atoms with van der Waals surface area (Å²) in [4.78, 5) is 21.0. The summed E-state index contributed by atoms with van der Waals surface area (Å²) in [5.74, 6) is 0.552. The lowest BCUT2D eigenvalue weighted by molar-refractivity contribution is 0.378. The zero-order valence-electron chi connectivity index (χ0n) is 14.1. The van der Waals surface area contributed by atoms with Crippen LogP contribution in [0.15, 0.2) is 61.8 Å². The van der Waals surface area contributed by atoms with Crippen molar-refractivity contribution in [3.05, 3.63) is 68.7 Å². The topological polar surface area (TPSA) is 83.0 Å². The first-order valence-electron chi connectivity index (χ1n) is 7.92. The average molecular weight is 445 g/mol. The molecule has 27 heavy (non-hydrogen) atoms. The monoisotopic (exact) mass is 444 g/mol. The summed E-state index contributed by atoms with van der Waals surface area (Å²) in [6, 6.07) is 11.1. The van der Waals surface area contributed by atoms with E-state index in [4.69, 9.17) is 9.26 Å². The third-order valence-electron chi connectivity index (χ3n) is 3.84. The Labute approximate surface area is 166 Å². The van der Waals surface area contributed by atoms with Gasteiger partial charge in [0, 0.05) is 16.0 Å². The lowest BCUT2D eigenvalue weighted by Gasteiger charge is -2.06. The highest BCUT2D eigenvalue weighted by atomic mass is 79.9. The van der Waals surface area contributed by atoms with Gasteiger partial charge in [0.05, 0.1) is 24.9 Å². The van der Waals surface area contributed by atoms with Crippen LogP contribution in [0, 0.1) is 0 Å². The molecule has 0 aliphatic rings. The highest BCUT2D eigenvalue weighted by Crippen LogP contribution is 2.34. The summed E-state index contributed by atoms with van der Waals surface area (Å²) in [6.07, 6.45) is 1.64.